The van der Waals surface area contributed by atoms with Gasteiger partial charge in [0.25, 0.3) is 10.1 Å². The highest BCUT2D eigenvalue weighted by molar-refractivity contribution is 7.85. The number of esters is 1. The molecule has 0 saturated carbocycles. The lowest BCUT2D eigenvalue weighted by atomic mass is 9.91. The molecule has 1 N–H and O–H groups in total. The first-order valence-corrected chi connectivity index (χ1v) is 9.45. The second kappa shape index (κ2) is 8.84. The molecule has 0 bridgehead atoms. The number of hydrogen-bond acceptors (Lipinski definition) is 4. The van der Waals surface area contributed by atoms with Gasteiger partial charge in [-0.3, -0.25) is 9.35 Å². The fourth-order valence-corrected chi connectivity index (χ4v) is 2.50. The number of carbonyl (C=O) groups excluding carboxylic acids is 1. The highest BCUT2D eigenvalue weighted by Gasteiger charge is 2.27. The van der Waals surface area contributed by atoms with Gasteiger partial charge in [0.15, 0.2) is 0 Å². The van der Waals surface area contributed by atoms with E-state index in [0.29, 0.717) is 13.0 Å². The molecular weight excluding hydrogens is 306 g/mol. The normalized spacial score (nSPS) is 13.2. The highest BCUT2D eigenvalue weighted by atomic mass is 32.2. The lowest BCUT2D eigenvalue weighted by Gasteiger charge is -2.30. The molecule has 0 heterocycles. The molecule has 6 nitrogen and oxygen atoms in total. The summed E-state index contributed by atoms with van der Waals surface area (Å²) in [5, 5.41) is 0. The van der Waals surface area contributed by atoms with Crippen molar-refractivity contribution in [1.29, 1.82) is 0 Å². The summed E-state index contributed by atoms with van der Waals surface area (Å²) >= 11 is 0. The van der Waals surface area contributed by atoms with Gasteiger partial charge < -0.3 is 9.22 Å². The van der Waals surface area contributed by atoms with E-state index in [-0.39, 0.29) is 11.7 Å². The first-order valence-electron chi connectivity index (χ1n) is 7.84. The SMILES string of the molecule is CCC(C)(C)C(=O)OCCC[N+](C)(C)CCCCS(=O)(=O)O. The molecule has 0 fully saturated rings. The Balaban J connectivity index is 3.91. The van der Waals surface area contributed by atoms with E-state index in [0.717, 1.165) is 36.8 Å². The van der Waals surface area contributed by atoms with Crippen molar-refractivity contribution in [3.8, 4) is 0 Å². The quantitative estimate of drug-likeness (QED) is 0.270. The van der Waals surface area contributed by atoms with Crippen LogP contribution >= 0.6 is 0 Å². The summed E-state index contributed by atoms with van der Waals surface area (Å²) in [5.74, 6) is -0.343. The Bertz CT molecular complexity index is 443. The zero-order chi connectivity index (χ0) is 17.4. The molecule has 7 heteroatoms. The Morgan fingerprint density at radius 2 is 1.68 bits per heavy atom. The molecule has 132 valence electrons. The van der Waals surface area contributed by atoms with E-state index < -0.39 is 15.5 Å². The molecule has 0 rings (SSSR count). The van der Waals surface area contributed by atoms with Gasteiger partial charge in [0.05, 0.1) is 45.0 Å². The van der Waals surface area contributed by atoms with Crippen LogP contribution in [0.5, 0.6) is 0 Å². The summed E-state index contributed by atoms with van der Waals surface area (Å²) in [6.07, 6.45) is 2.72. The number of hydrogen-bond donors (Lipinski definition) is 1. The Morgan fingerprint density at radius 3 is 2.18 bits per heavy atom. The van der Waals surface area contributed by atoms with E-state index in [9.17, 15) is 13.2 Å². The van der Waals surface area contributed by atoms with Crippen LogP contribution in [0.3, 0.4) is 0 Å². The van der Waals surface area contributed by atoms with Crippen molar-refractivity contribution in [2.24, 2.45) is 5.41 Å². The second-order valence-electron chi connectivity index (χ2n) is 7.10. The Labute approximate surface area is 135 Å². The van der Waals surface area contributed by atoms with Crippen LogP contribution in [-0.2, 0) is 19.6 Å². The fourth-order valence-electron chi connectivity index (χ4n) is 1.93. The lowest BCUT2D eigenvalue weighted by Crippen LogP contribution is -2.42. The van der Waals surface area contributed by atoms with Crippen LogP contribution in [0, 0.1) is 5.41 Å². The summed E-state index contributed by atoms with van der Waals surface area (Å²) in [4.78, 5) is 11.8. The summed E-state index contributed by atoms with van der Waals surface area (Å²) in [6, 6.07) is 0. The predicted molar refractivity (Wildman–Crippen MR) is 87.1 cm³/mol. The van der Waals surface area contributed by atoms with Gasteiger partial charge in [-0.1, -0.05) is 6.92 Å². The van der Waals surface area contributed by atoms with Gasteiger partial charge in [0, 0.05) is 6.42 Å². The van der Waals surface area contributed by atoms with E-state index in [1.807, 2.05) is 20.8 Å². The average molecular weight is 338 g/mol. The molecule has 0 unspecified atom stereocenters. The smallest absolute Gasteiger partial charge is 0.311 e. The topological polar surface area (TPSA) is 80.7 Å². The molecule has 0 aromatic rings. The molecule has 0 aromatic heterocycles. The van der Waals surface area contributed by atoms with E-state index in [1.54, 1.807) is 0 Å². The van der Waals surface area contributed by atoms with Gasteiger partial charge in [0.1, 0.15) is 0 Å². The van der Waals surface area contributed by atoms with Crippen molar-refractivity contribution in [1.82, 2.24) is 0 Å². The lowest BCUT2D eigenvalue weighted by molar-refractivity contribution is -0.890. The zero-order valence-corrected chi connectivity index (χ0v) is 15.4. The van der Waals surface area contributed by atoms with Crippen LogP contribution in [0.1, 0.15) is 46.5 Å². The summed E-state index contributed by atoms with van der Waals surface area (Å²) < 4.78 is 36.0. The third kappa shape index (κ3) is 10.1. The van der Waals surface area contributed by atoms with Gasteiger partial charge in [-0.05, 0) is 33.1 Å². The molecule has 0 aliphatic rings. The van der Waals surface area contributed by atoms with Gasteiger partial charge in [-0.15, -0.1) is 0 Å². The maximum Gasteiger partial charge on any atom is 0.311 e. The molecule has 0 aliphatic heterocycles. The van der Waals surface area contributed by atoms with Crippen LogP contribution in [0.15, 0.2) is 0 Å². The fraction of sp³-hybridized carbons (Fsp3) is 0.933. The minimum absolute atomic E-state index is 0.159. The van der Waals surface area contributed by atoms with Crippen LogP contribution in [-0.4, -0.2) is 63.0 Å². The second-order valence-corrected chi connectivity index (χ2v) is 8.68. The average Bonchev–Trinajstić information content (AvgIpc) is 2.38. The minimum atomic E-state index is -3.85. The summed E-state index contributed by atoms with van der Waals surface area (Å²) in [7, 11) is 0.268. The van der Waals surface area contributed by atoms with Gasteiger partial charge >= 0.3 is 5.97 Å². The van der Waals surface area contributed by atoms with Crippen molar-refractivity contribution >= 4 is 16.1 Å². The number of quaternary nitrogens is 1. The highest BCUT2D eigenvalue weighted by Crippen LogP contribution is 2.21. The molecule has 0 spiro atoms. The number of carbonyl (C=O) groups is 1. The van der Waals surface area contributed by atoms with Crippen LogP contribution in [0.25, 0.3) is 0 Å². The molecular formula is C15H32NO5S+. The zero-order valence-electron chi connectivity index (χ0n) is 14.6. The maximum absolute atomic E-state index is 11.8. The Morgan fingerprint density at radius 1 is 1.14 bits per heavy atom. The van der Waals surface area contributed by atoms with E-state index in [2.05, 4.69) is 14.1 Å². The van der Waals surface area contributed by atoms with Crippen molar-refractivity contribution in [3.63, 3.8) is 0 Å². The number of nitrogens with zero attached hydrogens (tertiary/aromatic N) is 1. The van der Waals surface area contributed by atoms with Crippen LogP contribution in [0.4, 0.5) is 0 Å². The molecule has 0 aliphatic carbocycles. The largest absolute Gasteiger partial charge is 0.465 e. The molecule has 0 aromatic carbocycles. The molecule has 0 saturated heterocycles. The van der Waals surface area contributed by atoms with Gasteiger partial charge in [-0.2, -0.15) is 8.42 Å². The van der Waals surface area contributed by atoms with Gasteiger partial charge in [-0.25, -0.2) is 0 Å². The number of unbranched alkanes of at least 4 members (excludes halogenated alkanes) is 1. The molecule has 22 heavy (non-hydrogen) atoms. The van der Waals surface area contributed by atoms with Crippen LogP contribution in [0.2, 0.25) is 0 Å². The van der Waals surface area contributed by atoms with Crippen LogP contribution < -0.4 is 0 Å². The third-order valence-corrected chi connectivity index (χ3v) is 4.80. The molecule has 0 radical (unpaired) electrons. The summed E-state index contributed by atoms with van der Waals surface area (Å²) in [5.41, 5.74) is -0.430. The number of ether oxygens (including phenoxy) is 1. The molecule has 0 amide bonds. The Hall–Kier alpha value is -0.660. The minimum Gasteiger partial charge on any atom is -0.465 e. The monoisotopic (exact) mass is 338 g/mol. The first-order chi connectivity index (χ1) is 9.90. The maximum atomic E-state index is 11.8. The first kappa shape index (κ1) is 21.3. The third-order valence-electron chi connectivity index (χ3n) is 3.99. The molecule has 0 atom stereocenters. The summed E-state index contributed by atoms with van der Waals surface area (Å²) in [6.45, 7) is 7.81. The van der Waals surface area contributed by atoms with E-state index in [1.165, 1.54) is 0 Å². The van der Waals surface area contributed by atoms with Crippen molar-refractivity contribution in [3.05, 3.63) is 0 Å². The Kier molecular flexibility index (Phi) is 8.57. The van der Waals surface area contributed by atoms with Crippen molar-refractivity contribution in [2.45, 2.75) is 46.5 Å². The predicted octanol–water partition coefficient (Wildman–Crippen LogP) is 2.10. The van der Waals surface area contributed by atoms with E-state index in [4.69, 9.17) is 9.29 Å². The van der Waals surface area contributed by atoms with Crippen molar-refractivity contribution in [2.75, 3.05) is 39.5 Å². The van der Waals surface area contributed by atoms with E-state index >= 15 is 0 Å². The van der Waals surface area contributed by atoms with Gasteiger partial charge in [0.2, 0.25) is 0 Å². The standard InChI is InChI=1S/C15H31NO5S/c1-6-15(2,3)14(17)21-12-9-11-16(4,5)10-7-8-13-22(18,19)20/h6-13H2,1-5H3/p+1. The number of rotatable bonds is 11. The van der Waals surface area contributed by atoms with Crippen molar-refractivity contribution < 1.29 is 27.0 Å².